The van der Waals surface area contributed by atoms with Crippen molar-refractivity contribution in [3.05, 3.63) is 11.9 Å². The van der Waals surface area contributed by atoms with Gasteiger partial charge in [-0.05, 0) is 12.8 Å². The topological polar surface area (TPSA) is 88.3 Å². The van der Waals surface area contributed by atoms with E-state index in [4.69, 9.17) is 5.11 Å². The molecule has 0 radical (unpaired) electrons. The van der Waals surface area contributed by atoms with Crippen LogP contribution in [0.3, 0.4) is 0 Å². The molecule has 0 aromatic carbocycles. The van der Waals surface area contributed by atoms with Crippen LogP contribution in [0.5, 0.6) is 0 Å². The van der Waals surface area contributed by atoms with Crippen LogP contribution in [0, 0.1) is 0 Å². The number of aromatic carboxylic acids is 1. The zero-order valence-corrected chi connectivity index (χ0v) is 10.2. The summed E-state index contributed by atoms with van der Waals surface area (Å²) < 4.78 is 36.8. The number of carbonyl (C=O) groups excluding carboxylic acids is 1. The van der Waals surface area contributed by atoms with E-state index in [2.05, 4.69) is 10.2 Å². The molecule has 2 heterocycles. The first-order valence-electron chi connectivity index (χ1n) is 5.80. The van der Waals surface area contributed by atoms with E-state index in [1.165, 1.54) is 4.80 Å². The Morgan fingerprint density at radius 3 is 2.35 bits per heavy atom. The minimum absolute atomic E-state index is 0.0625. The van der Waals surface area contributed by atoms with E-state index in [0.29, 0.717) is 0 Å². The SMILES string of the molecule is O=C(O)c1cnn(C2CCN(C(=O)C(F)(F)F)CC2)n1. The number of nitrogens with zero attached hydrogens (tertiary/aromatic N) is 4. The number of aromatic nitrogens is 3. The van der Waals surface area contributed by atoms with Crippen LogP contribution < -0.4 is 0 Å². The minimum Gasteiger partial charge on any atom is -0.476 e. The summed E-state index contributed by atoms with van der Waals surface area (Å²) >= 11 is 0. The Kier molecular flexibility index (Phi) is 3.64. The number of alkyl halides is 3. The van der Waals surface area contributed by atoms with E-state index in [1.54, 1.807) is 0 Å². The van der Waals surface area contributed by atoms with Crippen molar-refractivity contribution in [2.75, 3.05) is 13.1 Å². The highest BCUT2D eigenvalue weighted by Crippen LogP contribution is 2.25. The van der Waals surface area contributed by atoms with Gasteiger partial charge in [0.1, 0.15) is 0 Å². The Bertz CT molecular complexity index is 520. The molecule has 1 aromatic heterocycles. The molecule has 0 saturated carbocycles. The summed E-state index contributed by atoms with van der Waals surface area (Å²) in [5, 5.41) is 16.2. The molecule has 0 atom stereocenters. The summed E-state index contributed by atoms with van der Waals surface area (Å²) in [6, 6.07) is -0.305. The van der Waals surface area contributed by atoms with Gasteiger partial charge in [-0.25, -0.2) is 4.79 Å². The van der Waals surface area contributed by atoms with Gasteiger partial charge in [0, 0.05) is 13.1 Å². The second-order valence-electron chi connectivity index (χ2n) is 4.38. The van der Waals surface area contributed by atoms with Gasteiger partial charge in [-0.15, -0.1) is 5.10 Å². The Balaban J connectivity index is 1.97. The van der Waals surface area contributed by atoms with Crippen LogP contribution in [0.1, 0.15) is 29.4 Å². The van der Waals surface area contributed by atoms with Crippen molar-refractivity contribution in [3.63, 3.8) is 0 Å². The fraction of sp³-hybridized carbons (Fsp3) is 0.600. The minimum atomic E-state index is -4.87. The number of likely N-dealkylation sites (tertiary alicyclic amines) is 1. The van der Waals surface area contributed by atoms with Crippen molar-refractivity contribution in [3.8, 4) is 0 Å². The van der Waals surface area contributed by atoms with Gasteiger partial charge in [-0.3, -0.25) is 4.79 Å². The molecule has 1 aromatic rings. The molecule has 0 spiro atoms. The van der Waals surface area contributed by atoms with Gasteiger partial charge in [-0.2, -0.15) is 23.1 Å². The number of carboxylic acids is 1. The largest absolute Gasteiger partial charge is 0.476 e. The third-order valence-corrected chi connectivity index (χ3v) is 3.05. The first kappa shape index (κ1) is 14.3. The first-order chi connectivity index (χ1) is 9.29. The normalized spacial score (nSPS) is 17.2. The standard InChI is InChI=1S/C10H11F3N4O3/c11-10(12,13)9(20)16-3-1-6(2-4-16)17-14-5-7(15-17)8(18)19/h5-6H,1-4H2,(H,18,19). The number of hydrogen-bond donors (Lipinski definition) is 1. The third kappa shape index (κ3) is 2.89. The third-order valence-electron chi connectivity index (χ3n) is 3.05. The van der Waals surface area contributed by atoms with Gasteiger partial charge < -0.3 is 10.0 Å². The average molecular weight is 292 g/mol. The number of amides is 1. The van der Waals surface area contributed by atoms with Gasteiger partial charge in [0.15, 0.2) is 5.69 Å². The highest BCUT2D eigenvalue weighted by Gasteiger charge is 2.43. The second-order valence-corrected chi connectivity index (χ2v) is 4.38. The molecule has 110 valence electrons. The summed E-state index contributed by atoms with van der Waals surface area (Å²) in [6.07, 6.45) is -3.30. The van der Waals surface area contributed by atoms with Crippen LogP contribution in [0.15, 0.2) is 6.20 Å². The molecule has 0 unspecified atom stereocenters. The van der Waals surface area contributed by atoms with Crippen molar-refractivity contribution < 1.29 is 27.9 Å². The predicted octanol–water partition coefficient (Wildman–Crippen LogP) is 0.702. The van der Waals surface area contributed by atoms with Gasteiger partial charge >= 0.3 is 18.1 Å². The van der Waals surface area contributed by atoms with Gasteiger partial charge in [0.2, 0.25) is 0 Å². The van der Waals surface area contributed by atoms with Crippen LogP contribution in [-0.4, -0.2) is 56.1 Å². The number of carbonyl (C=O) groups is 2. The Morgan fingerprint density at radius 2 is 1.90 bits per heavy atom. The zero-order chi connectivity index (χ0) is 14.9. The van der Waals surface area contributed by atoms with Crippen LogP contribution in [0.25, 0.3) is 0 Å². The van der Waals surface area contributed by atoms with E-state index in [0.717, 1.165) is 11.1 Å². The Labute approximate surface area is 111 Å². The lowest BCUT2D eigenvalue weighted by molar-refractivity contribution is -0.186. The average Bonchev–Trinajstić information content (AvgIpc) is 2.86. The van der Waals surface area contributed by atoms with Gasteiger partial charge in [-0.1, -0.05) is 0 Å². The molecule has 7 nitrogen and oxygen atoms in total. The van der Waals surface area contributed by atoms with Crippen LogP contribution in [0.2, 0.25) is 0 Å². The number of rotatable bonds is 2. The van der Waals surface area contributed by atoms with Crippen molar-refractivity contribution >= 4 is 11.9 Å². The van der Waals surface area contributed by atoms with Crippen LogP contribution in [0.4, 0.5) is 13.2 Å². The molecular weight excluding hydrogens is 281 g/mol. The summed E-state index contributed by atoms with van der Waals surface area (Å²) in [7, 11) is 0. The number of carboxylic acid groups (broad SMARTS) is 1. The van der Waals surface area contributed by atoms with Crippen molar-refractivity contribution in [2.24, 2.45) is 0 Å². The molecule has 2 rings (SSSR count). The summed E-state index contributed by atoms with van der Waals surface area (Å²) in [6.45, 7) is -0.125. The molecule has 1 aliphatic rings. The molecule has 0 aliphatic carbocycles. The number of piperidine rings is 1. The fourth-order valence-electron chi connectivity index (χ4n) is 2.03. The summed E-state index contributed by atoms with van der Waals surface area (Å²) in [5.74, 6) is -3.07. The summed E-state index contributed by atoms with van der Waals surface area (Å²) in [5.41, 5.74) is -0.223. The molecule has 1 saturated heterocycles. The molecule has 1 fully saturated rings. The molecule has 1 amide bonds. The van der Waals surface area contributed by atoms with E-state index in [-0.39, 0.29) is 37.7 Å². The maximum absolute atomic E-state index is 12.3. The van der Waals surface area contributed by atoms with E-state index in [9.17, 15) is 22.8 Å². The maximum Gasteiger partial charge on any atom is 0.471 e. The lowest BCUT2D eigenvalue weighted by Crippen LogP contribution is -2.45. The van der Waals surface area contributed by atoms with Crippen LogP contribution in [-0.2, 0) is 4.79 Å². The quantitative estimate of drug-likeness (QED) is 0.867. The number of hydrogen-bond acceptors (Lipinski definition) is 4. The van der Waals surface area contributed by atoms with E-state index < -0.39 is 18.1 Å². The Morgan fingerprint density at radius 1 is 1.30 bits per heavy atom. The lowest BCUT2D eigenvalue weighted by atomic mass is 10.1. The van der Waals surface area contributed by atoms with Crippen molar-refractivity contribution in [1.82, 2.24) is 19.9 Å². The fourth-order valence-corrected chi connectivity index (χ4v) is 2.03. The zero-order valence-electron chi connectivity index (χ0n) is 10.2. The predicted molar refractivity (Wildman–Crippen MR) is 57.9 cm³/mol. The highest BCUT2D eigenvalue weighted by atomic mass is 19.4. The van der Waals surface area contributed by atoms with E-state index >= 15 is 0 Å². The molecule has 1 N–H and O–H groups in total. The summed E-state index contributed by atoms with van der Waals surface area (Å²) in [4.78, 5) is 23.6. The second kappa shape index (κ2) is 5.10. The van der Waals surface area contributed by atoms with Crippen LogP contribution >= 0.6 is 0 Å². The first-order valence-corrected chi connectivity index (χ1v) is 5.80. The van der Waals surface area contributed by atoms with Gasteiger partial charge in [0.25, 0.3) is 0 Å². The number of halogens is 3. The highest BCUT2D eigenvalue weighted by molar-refractivity contribution is 5.84. The van der Waals surface area contributed by atoms with Crippen molar-refractivity contribution in [1.29, 1.82) is 0 Å². The van der Waals surface area contributed by atoms with E-state index in [1.807, 2.05) is 0 Å². The monoisotopic (exact) mass is 292 g/mol. The molecule has 10 heteroatoms. The lowest BCUT2D eigenvalue weighted by Gasteiger charge is -2.31. The van der Waals surface area contributed by atoms with Crippen molar-refractivity contribution in [2.45, 2.75) is 25.1 Å². The molecule has 20 heavy (non-hydrogen) atoms. The Hall–Kier alpha value is -2.13. The molecule has 1 aliphatic heterocycles. The maximum atomic E-state index is 12.3. The van der Waals surface area contributed by atoms with Gasteiger partial charge in [0.05, 0.1) is 12.2 Å². The molecule has 0 bridgehead atoms. The smallest absolute Gasteiger partial charge is 0.471 e. The molecular formula is C10H11F3N4O3.